The first-order valence-corrected chi connectivity index (χ1v) is 6.57. The Kier molecular flexibility index (Phi) is 4.38. The molecule has 1 saturated heterocycles. The van der Waals surface area contributed by atoms with Crippen LogP contribution in [0.15, 0.2) is 28.7 Å². The first-order chi connectivity index (χ1) is 7.79. The van der Waals surface area contributed by atoms with Crippen molar-refractivity contribution in [1.82, 2.24) is 0 Å². The molecular weight excluding hydrogens is 268 g/mol. The summed E-state index contributed by atoms with van der Waals surface area (Å²) in [7, 11) is 0. The van der Waals surface area contributed by atoms with Gasteiger partial charge in [-0.25, -0.2) is 0 Å². The molecule has 0 bridgehead atoms. The molecule has 16 heavy (non-hydrogen) atoms. The molecule has 0 radical (unpaired) electrons. The highest BCUT2D eigenvalue weighted by Gasteiger charge is 2.21. The Labute approximate surface area is 105 Å². The van der Waals surface area contributed by atoms with Gasteiger partial charge in [0, 0.05) is 17.0 Å². The Balaban J connectivity index is 2.00. The molecule has 3 heteroatoms. The highest BCUT2D eigenvalue weighted by atomic mass is 79.9. The summed E-state index contributed by atoms with van der Waals surface area (Å²) >= 11 is 3.42. The van der Waals surface area contributed by atoms with E-state index >= 15 is 0 Å². The number of hydrogen-bond acceptors (Lipinski definition) is 2. The fourth-order valence-electron chi connectivity index (χ4n) is 2.20. The maximum absolute atomic E-state index is 9.44. The van der Waals surface area contributed by atoms with Crippen LogP contribution in [0, 0.1) is 0 Å². The van der Waals surface area contributed by atoms with Crippen LogP contribution >= 0.6 is 15.9 Å². The average molecular weight is 285 g/mol. The second-order valence-corrected chi connectivity index (χ2v) is 5.22. The number of halogens is 1. The summed E-state index contributed by atoms with van der Waals surface area (Å²) in [5.41, 5.74) is 1.20. The zero-order valence-corrected chi connectivity index (χ0v) is 10.8. The lowest BCUT2D eigenvalue weighted by Crippen LogP contribution is -2.14. The molecule has 1 N–H and O–H groups in total. The summed E-state index contributed by atoms with van der Waals surface area (Å²) in [5, 5.41) is 9.44. The van der Waals surface area contributed by atoms with Crippen molar-refractivity contribution in [2.75, 3.05) is 13.2 Å². The van der Waals surface area contributed by atoms with Crippen LogP contribution in [0.4, 0.5) is 0 Å². The van der Waals surface area contributed by atoms with Gasteiger partial charge in [-0.2, -0.15) is 0 Å². The van der Waals surface area contributed by atoms with E-state index in [9.17, 15) is 5.11 Å². The van der Waals surface area contributed by atoms with Gasteiger partial charge in [0.25, 0.3) is 0 Å². The topological polar surface area (TPSA) is 29.5 Å². The van der Waals surface area contributed by atoms with E-state index < -0.39 is 0 Å². The van der Waals surface area contributed by atoms with Crippen LogP contribution in [0.3, 0.4) is 0 Å². The van der Waals surface area contributed by atoms with E-state index in [0.717, 1.165) is 30.3 Å². The lowest BCUT2D eigenvalue weighted by Gasteiger charge is -2.18. The number of ether oxygens (including phenoxy) is 1. The maximum Gasteiger partial charge on any atom is 0.0582 e. The van der Waals surface area contributed by atoms with Crippen molar-refractivity contribution in [1.29, 1.82) is 0 Å². The molecule has 88 valence electrons. The molecule has 2 nitrogen and oxygen atoms in total. The van der Waals surface area contributed by atoms with Crippen LogP contribution in [0.2, 0.25) is 0 Å². The largest absolute Gasteiger partial charge is 0.396 e. The second kappa shape index (κ2) is 5.80. The number of hydrogen-bond donors (Lipinski definition) is 1. The zero-order valence-electron chi connectivity index (χ0n) is 9.23. The van der Waals surface area contributed by atoms with Crippen LogP contribution in [-0.4, -0.2) is 24.4 Å². The van der Waals surface area contributed by atoms with Crippen molar-refractivity contribution in [2.45, 2.75) is 31.3 Å². The Morgan fingerprint density at radius 3 is 2.69 bits per heavy atom. The number of benzene rings is 1. The summed E-state index contributed by atoms with van der Waals surface area (Å²) in [4.78, 5) is 0. The molecule has 1 fully saturated rings. The van der Waals surface area contributed by atoms with E-state index in [1.165, 1.54) is 5.56 Å². The SMILES string of the molecule is OCC(CC1CCCO1)c1ccc(Br)cc1. The van der Waals surface area contributed by atoms with E-state index in [0.29, 0.717) is 6.10 Å². The molecule has 0 aromatic heterocycles. The van der Waals surface area contributed by atoms with Gasteiger partial charge in [0.05, 0.1) is 12.7 Å². The van der Waals surface area contributed by atoms with Crippen molar-refractivity contribution in [3.05, 3.63) is 34.3 Å². The molecular formula is C13H17BrO2. The predicted octanol–water partition coefficient (Wildman–Crippen LogP) is 3.09. The minimum Gasteiger partial charge on any atom is -0.396 e. The van der Waals surface area contributed by atoms with Gasteiger partial charge in [0.1, 0.15) is 0 Å². The summed E-state index contributed by atoms with van der Waals surface area (Å²) in [6, 6.07) is 8.18. The summed E-state index contributed by atoms with van der Waals surface area (Å²) in [6.45, 7) is 1.07. The lowest BCUT2D eigenvalue weighted by molar-refractivity contribution is 0.0898. The highest BCUT2D eigenvalue weighted by molar-refractivity contribution is 9.10. The standard InChI is InChI=1S/C13H17BrO2/c14-12-5-3-10(4-6-12)11(9-15)8-13-2-1-7-16-13/h3-6,11,13,15H,1-2,7-9H2. The summed E-state index contributed by atoms with van der Waals surface area (Å²) in [5.74, 6) is 0.205. The summed E-state index contributed by atoms with van der Waals surface area (Å²) in [6.07, 6.45) is 3.55. The Bertz CT molecular complexity index is 317. The fourth-order valence-corrected chi connectivity index (χ4v) is 2.46. The van der Waals surface area contributed by atoms with Crippen molar-refractivity contribution in [2.24, 2.45) is 0 Å². The first-order valence-electron chi connectivity index (χ1n) is 5.77. The highest BCUT2D eigenvalue weighted by Crippen LogP contribution is 2.27. The first kappa shape index (κ1) is 12.1. The molecule has 2 unspecified atom stereocenters. The van der Waals surface area contributed by atoms with Gasteiger partial charge in [-0.15, -0.1) is 0 Å². The average Bonchev–Trinajstić information content (AvgIpc) is 2.80. The maximum atomic E-state index is 9.44. The van der Waals surface area contributed by atoms with E-state index in [1.54, 1.807) is 0 Å². The Morgan fingerprint density at radius 2 is 2.12 bits per heavy atom. The van der Waals surface area contributed by atoms with Gasteiger partial charge in [-0.05, 0) is 37.0 Å². The predicted molar refractivity (Wildman–Crippen MR) is 67.6 cm³/mol. The molecule has 2 rings (SSSR count). The number of rotatable bonds is 4. The monoisotopic (exact) mass is 284 g/mol. The molecule has 0 aliphatic carbocycles. The van der Waals surface area contributed by atoms with Gasteiger partial charge >= 0.3 is 0 Å². The molecule has 2 atom stereocenters. The van der Waals surface area contributed by atoms with Gasteiger partial charge < -0.3 is 9.84 Å². The number of aliphatic hydroxyl groups is 1. The van der Waals surface area contributed by atoms with Crippen molar-refractivity contribution < 1.29 is 9.84 Å². The third-order valence-corrected chi connectivity index (χ3v) is 3.66. The molecule has 1 aliphatic heterocycles. The quantitative estimate of drug-likeness (QED) is 0.921. The van der Waals surface area contributed by atoms with Gasteiger partial charge in [-0.1, -0.05) is 28.1 Å². The smallest absolute Gasteiger partial charge is 0.0582 e. The molecule has 1 aromatic carbocycles. The van der Waals surface area contributed by atoms with Gasteiger partial charge in [-0.3, -0.25) is 0 Å². The number of aliphatic hydroxyl groups excluding tert-OH is 1. The molecule has 0 saturated carbocycles. The van der Waals surface area contributed by atoms with Crippen LogP contribution < -0.4 is 0 Å². The van der Waals surface area contributed by atoms with Crippen molar-refractivity contribution in [3.63, 3.8) is 0 Å². The van der Waals surface area contributed by atoms with Gasteiger partial charge in [0.15, 0.2) is 0 Å². The van der Waals surface area contributed by atoms with Crippen LogP contribution in [0.5, 0.6) is 0 Å². The van der Waals surface area contributed by atoms with Crippen molar-refractivity contribution in [3.8, 4) is 0 Å². The molecule has 1 heterocycles. The molecule has 1 aromatic rings. The Morgan fingerprint density at radius 1 is 1.38 bits per heavy atom. The summed E-state index contributed by atoms with van der Waals surface area (Å²) < 4.78 is 6.68. The molecule has 1 aliphatic rings. The Hall–Kier alpha value is -0.380. The van der Waals surface area contributed by atoms with Crippen LogP contribution in [0.25, 0.3) is 0 Å². The third-order valence-electron chi connectivity index (χ3n) is 3.13. The minimum absolute atomic E-state index is 0.196. The molecule has 0 amide bonds. The molecule has 0 spiro atoms. The fraction of sp³-hybridized carbons (Fsp3) is 0.538. The lowest BCUT2D eigenvalue weighted by atomic mass is 9.93. The van der Waals surface area contributed by atoms with E-state index in [4.69, 9.17) is 4.74 Å². The third kappa shape index (κ3) is 3.06. The van der Waals surface area contributed by atoms with E-state index in [2.05, 4.69) is 28.1 Å². The minimum atomic E-state index is 0.196. The zero-order chi connectivity index (χ0) is 11.4. The van der Waals surface area contributed by atoms with Crippen LogP contribution in [-0.2, 0) is 4.74 Å². The second-order valence-electron chi connectivity index (χ2n) is 4.30. The van der Waals surface area contributed by atoms with Crippen LogP contribution in [0.1, 0.15) is 30.7 Å². The van der Waals surface area contributed by atoms with Crippen molar-refractivity contribution >= 4 is 15.9 Å². The normalized spacial score (nSPS) is 22.2. The van der Waals surface area contributed by atoms with Gasteiger partial charge in [0.2, 0.25) is 0 Å². The van der Waals surface area contributed by atoms with E-state index in [1.807, 2.05) is 12.1 Å². The van der Waals surface area contributed by atoms with E-state index in [-0.39, 0.29) is 12.5 Å².